The first-order valence-corrected chi connectivity index (χ1v) is 3.77. The first-order valence-electron chi connectivity index (χ1n) is 3.77. The molecule has 0 aromatic rings. The van der Waals surface area contributed by atoms with E-state index in [0.717, 1.165) is 0 Å². The van der Waals surface area contributed by atoms with Crippen LogP contribution in [0.1, 0.15) is 6.42 Å². The normalized spacial score (nSPS) is 18.4. The molecule has 0 amide bonds. The third-order valence-corrected chi connectivity index (χ3v) is 1.72. The molecule has 0 spiro atoms. The first-order chi connectivity index (χ1) is 6.88. The van der Waals surface area contributed by atoms with Crippen molar-refractivity contribution in [3.8, 4) is 0 Å². The van der Waals surface area contributed by atoms with Crippen molar-refractivity contribution in [1.82, 2.24) is 0 Å². The molecule has 9 heteroatoms. The van der Waals surface area contributed by atoms with Gasteiger partial charge in [-0.1, -0.05) is 0 Å². The average Bonchev–Trinajstić information content (AvgIpc) is 2.13. The molecule has 16 heavy (non-hydrogen) atoms. The highest BCUT2D eigenvalue weighted by atomic mass is 19.4. The molecule has 0 rings (SSSR count). The molecule has 0 aliphatic carbocycles. The summed E-state index contributed by atoms with van der Waals surface area (Å²) in [5, 5.41) is 0. The molecule has 0 bridgehead atoms. The van der Waals surface area contributed by atoms with Crippen molar-refractivity contribution in [2.45, 2.75) is 36.8 Å². The molecular weight excluding hydrogens is 255 g/mol. The second-order valence-electron chi connectivity index (χ2n) is 2.92. The van der Waals surface area contributed by atoms with Crippen LogP contribution in [0.15, 0.2) is 0 Å². The largest absolute Gasteiger partial charge is 0.422 e. The van der Waals surface area contributed by atoms with Crippen molar-refractivity contribution in [3.63, 3.8) is 0 Å². The highest BCUT2D eigenvalue weighted by Gasteiger charge is 2.66. The molecule has 0 aliphatic heterocycles. The zero-order valence-corrected chi connectivity index (χ0v) is 7.47. The van der Waals surface area contributed by atoms with Gasteiger partial charge in [-0.2, -0.15) is 30.7 Å². The fourth-order valence-electron chi connectivity index (χ4n) is 0.718. The van der Waals surface area contributed by atoms with Crippen LogP contribution in [0.4, 0.5) is 39.5 Å². The predicted molar refractivity (Wildman–Crippen MR) is 35.7 cm³/mol. The Bertz CT molecular complexity index is 231. The lowest BCUT2D eigenvalue weighted by Gasteiger charge is -2.30. The van der Waals surface area contributed by atoms with Gasteiger partial charge in [0.25, 0.3) is 0 Å². The van der Waals surface area contributed by atoms with Crippen molar-refractivity contribution in [2.75, 3.05) is 0 Å². The summed E-state index contributed by atoms with van der Waals surface area (Å²) in [6, 6.07) is 0. The molecule has 1 unspecified atom stereocenters. The summed E-state index contributed by atoms with van der Waals surface area (Å²) < 4.78 is 109. The number of rotatable bonds is 4. The smallest absolute Gasteiger partial charge is 0.237 e. The Morgan fingerprint density at radius 1 is 0.812 bits per heavy atom. The minimum absolute atomic E-state index is 1.86. The highest BCUT2D eigenvalue weighted by Crippen LogP contribution is 2.44. The molecule has 0 N–H and O–H groups in total. The monoisotopic (exact) mass is 261 g/mol. The minimum atomic E-state index is -5.97. The van der Waals surface area contributed by atoms with Gasteiger partial charge in [-0.25, -0.2) is 8.78 Å². The molecule has 0 fully saturated rings. The van der Waals surface area contributed by atoms with Gasteiger partial charge in [-0.05, 0) is 6.92 Å². The molecule has 0 aliphatic rings. The number of hydrogen-bond donors (Lipinski definition) is 0. The van der Waals surface area contributed by atoms with Gasteiger partial charge in [-0.3, -0.25) is 0 Å². The Kier molecular flexibility index (Phi) is 4.15. The number of hydrogen-bond acceptors (Lipinski definition) is 0. The van der Waals surface area contributed by atoms with Crippen LogP contribution in [0.5, 0.6) is 0 Å². The van der Waals surface area contributed by atoms with Gasteiger partial charge in [0, 0.05) is 6.42 Å². The summed E-state index contributed by atoms with van der Waals surface area (Å²) in [5.41, 5.74) is 0. The lowest BCUT2D eigenvalue weighted by Crippen LogP contribution is -2.54. The highest BCUT2D eigenvalue weighted by molar-refractivity contribution is 4.96. The van der Waals surface area contributed by atoms with E-state index in [9.17, 15) is 39.5 Å². The van der Waals surface area contributed by atoms with Crippen LogP contribution in [0.25, 0.3) is 0 Å². The third kappa shape index (κ3) is 2.73. The second-order valence-corrected chi connectivity index (χ2v) is 2.92. The Morgan fingerprint density at radius 2 is 1.19 bits per heavy atom. The molecule has 0 saturated carbocycles. The molecule has 0 aromatic heterocycles. The summed E-state index contributed by atoms with van der Waals surface area (Å²) in [7, 11) is 0. The molecule has 0 aromatic carbocycles. The SMILES string of the molecule is [CH2]CC(F)(F)C(F)(F)C(F)[C@H](F)C(F)(F)F. The predicted octanol–water partition coefficient (Wildman–Crippen LogP) is 3.72. The molecular formula is C7H6F9. The topological polar surface area (TPSA) is 0 Å². The van der Waals surface area contributed by atoms with Crippen LogP contribution in [0.3, 0.4) is 0 Å². The quantitative estimate of drug-likeness (QED) is 0.676. The summed E-state index contributed by atoms with van der Waals surface area (Å²) >= 11 is 0. The van der Waals surface area contributed by atoms with Crippen LogP contribution >= 0.6 is 0 Å². The number of halogens is 9. The zero-order chi connectivity index (χ0) is 13.4. The molecule has 2 atom stereocenters. The maximum atomic E-state index is 12.5. The van der Waals surface area contributed by atoms with Crippen LogP contribution < -0.4 is 0 Å². The van der Waals surface area contributed by atoms with Gasteiger partial charge in [0.05, 0.1) is 0 Å². The number of alkyl halides is 9. The fraction of sp³-hybridized carbons (Fsp3) is 0.857. The van der Waals surface area contributed by atoms with E-state index in [2.05, 4.69) is 6.92 Å². The van der Waals surface area contributed by atoms with Crippen molar-refractivity contribution in [1.29, 1.82) is 0 Å². The van der Waals surface area contributed by atoms with E-state index in [4.69, 9.17) is 0 Å². The zero-order valence-electron chi connectivity index (χ0n) is 7.47. The van der Waals surface area contributed by atoms with Crippen LogP contribution in [0.2, 0.25) is 0 Å². The Morgan fingerprint density at radius 3 is 1.44 bits per heavy atom. The maximum Gasteiger partial charge on any atom is 0.422 e. The van der Waals surface area contributed by atoms with Crippen molar-refractivity contribution < 1.29 is 39.5 Å². The van der Waals surface area contributed by atoms with E-state index in [0.29, 0.717) is 0 Å². The van der Waals surface area contributed by atoms with Gasteiger partial charge in [-0.15, -0.1) is 0 Å². The van der Waals surface area contributed by atoms with Gasteiger partial charge in [0.2, 0.25) is 12.3 Å². The van der Waals surface area contributed by atoms with Crippen molar-refractivity contribution >= 4 is 0 Å². The maximum absolute atomic E-state index is 12.5. The third-order valence-electron chi connectivity index (χ3n) is 1.72. The summed E-state index contributed by atoms with van der Waals surface area (Å²) in [5.74, 6) is -10.9. The molecule has 0 saturated heterocycles. The first kappa shape index (κ1) is 15.4. The standard InChI is InChI=1S/C7H6F9/c1-2-5(10,11)6(12,13)3(8)4(9)7(14,15)16/h3-4H,1-2H2/t3?,4-/m0/s1. The molecule has 0 heterocycles. The van der Waals surface area contributed by atoms with E-state index in [1.54, 1.807) is 0 Å². The van der Waals surface area contributed by atoms with Crippen LogP contribution in [-0.2, 0) is 0 Å². The van der Waals surface area contributed by atoms with Crippen LogP contribution in [0, 0.1) is 6.92 Å². The Labute approximate surface area is 84.4 Å². The lowest BCUT2D eigenvalue weighted by molar-refractivity contribution is -0.279. The van der Waals surface area contributed by atoms with E-state index >= 15 is 0 Å². The molecule has 0 nitrogen and oxygen atoms in total. The Balaban J connectivity index is 5.04. The minimum Gasteiger partial charge on any atom is -0.237 e. The fourth-order valence-corrected chi connectivity index (χ4v) is 0.718. The van der Waals surface area contributed by atoms with E-state index < -0.39 is 36.8 Å². The summed E-state index contributed by atoms with van der Waals surface area (Å²) in [4.78, 5) is 0. The second kappa shape index (κ2) is 4.33. The van der Waals surface area contributed by atoms with E-state index in [1.807, 2.05) is 0 Å². The molecule has 97 valence electrons. The van der Waals surface area contributed by atoms with Crippen LogP contribution in [-0.4, -0.2) is 30.4 Å². The van der Waals surface area contributed by atoms with Gasteiger partial charge in [0.15, 0.2) is 0 Å². The van der Waals surface area contributed by atoms with E-state index in [-0.39, 0.29) is 0 Å². The van der Waals surface area contributed by atoms with Gasteiger partial charge >= 0.3 is 18.0 Å². The van der Waals surface area contributed by atoms with Crippen molar-refractivity contribution in [2.24, 2.45) is 0 Å². The summed E-state index contributed by atoms with van der Waals surface area (Å²) in [6.07, 6.45) is -17.2. The van der Waals surface area contributed by atoms with E-state index in [1.165, 1.54) is 0 Å². The summed E-state index contributed by atoms with van der Waals surface area (Å²) in [6.45, 7) is 2.33. The lowest BCUT2D eigenvalue weighted by atomic mass is 10.0. The Hall–Kier alpha value is -0.630. The van der Waals surface area contributed by atoms with Crippen molar-refractivity contribution in [3.05, 3.63) is 6.92 Å². The molecule has 1 radical (unpaired) electrons. The van der Waals surface area contributed by atoms with Gasteiger partial charge < -0.3 is 0 Å². The van der Waals surface area contributed by atoms with Gasteiger partial charge in [0.1, 0.15) is 0 Å². The average molecular weight is 261 g/mol.